The second kappa shape index (κ2) is 15.7. The Morgan fingerprint density at radius 1 is 0.435 bits per heavy atom. The summed E-state index contributed by atoms with van der Waals surface area (Å²) in [5.41, 5.74) is 14.7. The van der Waals surface area contributed by atoms with Crippen molar-refractivity contribution in [2.45, 2.75) is 0 Å². The third kappa shape index (κ3) is 6.70. The van der Waals surface area contributed by atoms with Gasteiger partial charge in [-0.25, -0.2) is 4.99 Å². The molecule has 0 saturated heterocycles. The maximum absolute atomic E-state index is 9.75. The molecule has 0 spiro atoms. The summed E-state index contributed by atoms with van der Waals surface area (Å²) in [4.78, 5) is 5.11. The zero-order valence-electron chi connectivity index (χ0n) is 33.7. The summed E-state index contributed by atoms with van der Waals surface area (Å²) < 4.78 is 8.62. The molecule has 0 aliphatic carbocycles. The fourth-order valence-corrected chi connectivity index (χ4v) is 8.72. The van der Waals surface area contributed by atoms with Gasteiger partial charge in [0, 0.05) is 43.8 Å². The van der Waals surface area contributed by atoms with E-state index in [1.54, 1.807) is 0 Å². The van der Waals surface area contributed by atoms with Crippen molar-refractivity contribution in [3.63, 3.8) is 0 Å². The molecule has 2 aromatic heterocycles. The quantitative estimate of drug-likeness (QED) is 0.121. The number of allylic oxidation sites excluding steroid dienone is 1. The number of rotatable bonds is 8. The van der Waals surface area contributed by atoms with Crippen LogP contribution in [0.4, 0.5) is 0 Å². The third-order valence-electron chi connectivity index (χ3n) is 11.7. The molecular formula is C58H39N3O. The summed E-state index contributed by atoms with van der Waals surface area (Å²) >= 11 is 0. The second-order valence-corrected chi connectivity index (χ2v) is 15.5. The second-order valence-electron chi connectivity index (χ2n) is 15.5. The van der Waals surface area contributed by atoms with E-state index >= 15 is 0 Å². The molecule has 9 aromatic carbocycles. The van der Waals surface area contributed by atoms with Crippen LogP contribution in [0.2, 0.25) is 0 Å². The van der Waals surface area contributed by atoms with Gasteiger partial charge in [-0.05, 0) is 82.4 Å². The van der Waals surface area contributed by atoms with Gasteiger partial charge in [0.25, 0.3) is 0 Å². The van der Waals surface area contributed by atoms with Crippen molar-refractivity contribution in [2.75, 3.05) is 0 Å². The molecule has 0 fully saturated rings. The number of hydrogen-bond donors (Lipinski definition) is 1. The van der Waals surface area contributed by atoms with Crippen molar-refractivity contribution in [2.24, 2.45) is 4.99 Å². The van der Waals surface area contributed by atoms with Crippen LogP contribution in [0.15, 0.2) is 234 Å². The van der Waals surface area contributed by atoms with Gasteiger partial charge >= 0.3 is 0 Å². The third-order valence-corrected chi connectivity index (χ3v) is 11.7. The first-order valence-corrected chi connectivity index (χ1v) is 20.9. The Labute approximate surface area is 359 Å². The first-order valence-electron chi connectivity index (χ1n) is 20.9. The lowest BCUT2D eigenvalue weighted by molar-refractivity contribution is 0.669. The molecule has 0 aliphatic rings. The zero-order chi connectivity index (χ0) is 41.4. The number of nitrogens with zero attached hydrogens (tertiary/aromatic N) is 2. The SMILES string of the molecule is N=C(N=C(/C=C/c1ccc2c(c1)oc1ccccc12)c1ccccc1)c1cc(-c2ccccc2)c(-n2c3ccccc3c3cc(-c4ccccc4)ccc32)c(-c2ccccc2)c1. The van der Waals surface area contributed by atoms with Crippen molar-refractivity contribution in [1.29, 1.82) is 5.41 Å². The number of aliphatic imine (C=N–C) groups is 1. The van der Waals surface area contributed by atoms with Crippen LogP contribution in [0.3, 0.4) is 0 Å². The minimum Gasteiger partial charge on any atom is -0.456 e. The Kier molecular flexibility index (Phi) is 9.29. The minimum absolute atomic E-state index is 0.164. The molecule has 1 N–H and O–H groups in total. The van der Waals surface area contributed by atoms with E-state index in [0.29, 0.717) is 11.3 Å². The first kappa shape index (κ1) is 36.7. The van der Waals surface area contributed by atoms with Gasteiger partial charge in [0.2, 0.25) is 0 Å². The molecule has 0 atom stereocenters. The highest BCUT2D eigenvalue weighted by molar-refractivity contribution is 6.19. The predicted octanol–water partition coefficient (Wildman–Crippen LogP) is 15.2. The van der Waals surface area contributed by atoms with E-state index < -0.39 is 0 Å². The molecule has 0 aliphatic heterocycles. The van der Waals surface area contributed by atoms with Crippen LogP contribution < -0.4 is 0 Å². The molecule has 0 radical (unpaired) electrons. The Morgan fingerprint density at radius 3 is 1.69 bits per heavy atom. The van der Waals surface area contributed by atoms with Crippen LogP contribution in [-0.2, 0) is 0 Å². The van der Waals surface area contributed by atoms with E-state index in [4.69, 9.17) is 9.41 Å². The minimum atomic E-state index is 0.164. The van der Waals surface area contributed by atoms with Crippen molar-refractivity contribution in [3.8, 4) is 39.1 Å². The van der Waals surface area contributed by atoms with Crippen LogP contribution in [0, 0.1) is 5.41 Å². The van der Waals surface area contributed by atoms with Crippen molar-refractivity contribution in [1.82, 2.24) is 4.57 Å². The summed E-state index contributed by atoms with van der Waals surface area (Å²) in [7, 11) is 0. The molecule has 292 valence electrons. The van der Waals surface area contributed by atoms with Gasteiger partial charge in [0.1, 0.15) is 11.2 Å². The zero-order valence-corrected chi connectivity index (χ0v) is 33.7. The molecule has 0 unspecified atom stereocenters. The van der Waals surface area contributed by atoms with Crippen LogP contribution in [0.5, 0.6) is 0 Å². The molecular weight excluding hydrogens is 755 g/mol. The number of fused-ring (bicyclic) bond motifs is 6. The molecule has 2 heterocycles. The Bertz CT molecular complexity index is 3450. The van der Waals surface area contributed by atoms with Crippen LogP contribution >= 0.6 is 0 Å². The summed E-state index contributed by atoms with van der Waals surface area (Å²) in [5, 5.41) is 14.3. The average molecular weight is 794 g/mol. The largest absolute Gasteiger partial charge is 0.456 e. The maximum Gasteiger partial charge on any atom is 0.152 e. The smallest absolute Gasteiger partial charge is 0.152 e. The van der Waals surface area contributed by atoms with Crippen molar-refractivity contribution < 1.29 is 4.42 Å². The molecule has 0 saturated carbocycles. The molecule has 11 rings (SSSR count). The van der Waals surface area contributed by atoms with Crippen molar-refractivity contribution in [3.05, 3.63) is 241 Å². The van der Waals surface area contributed by atoms with E-state index in [2.05, 4.69) is 162 Å². The fraction of sp³-hybridized carbons (Fsp3) is 0. The molecule has 4 heteroatoms. The number of furan rings is 1. The van der Waals surface area contributed by atoms with Crippen LogP contribution in [0.25, 0.3) is 88.9 Å². The van der Waals surface area contributed by atoms with Gasteiger partial charge in [0.05, 0.1) is 22.4 Å². The summed E-state index contributed by atoms with van der Waals surface area (Å²) in [5.74, 6) is 0.164. The molecule has 11 aromatic rings. The lowest BCUT2D eigenvalue weighted by Crippen LogP contribution is -2.07. The monoisotopic (exact) mass is 793 g/mol. The van der Waals surface area contributed by atoms with E-state index in [1.165, 1.54) is 21.9 Å². The van der Waals surface area contributed by atoms with Gasteiger partial charge < -0.3 is 8.98 Å². The molecule has 0 amide bonds. The summed E-state index contributed by atoms with van der Waals surface area (Å²) in [6, 6.07) is 75.9. The highest BCUT2D eigenvalue weighted by Gasteiger charge is 2.22. The van der Waals surface area contributed by atoms with Gasteiger partial charge in [-0.15, -0.1) is 0 Å². The Morgan fingerprint density at radius 2 is 1.00 bits per heavy atom. The Hall–Kier alpha value is -8.34. The average Bonchev–Trinajstić information content (AvgIpc) is 3.88. The number of para-hydroxylation sites is 2. The van der Waals surface area contributed by atoms with E-state index in [0.717, 1.165) is 72.0 Å². The topological polar surface area (TPSA) is 54.3 Å². The van der Waals surface area contributed by atoms with Gasteiger partial charge in [-0.3, -0.25) is 5.41 Å². The lowest BCUT2D eigenvalue weighted by Gasteiger charge is -2.21. The van der Waals surface area contributed by atoms with Gasteiger partial charge in [0.15, 0.2) is 5.84 Å². The van der Waals surface area contributed by atoms with Crippen molar-refractivity contribution >= 4 is 61.4 Å². The number of nitrogens with one attached hydrogen (secondary N) is 1. The fourth-order valence-electron chi connectivity index (χ4n) is 8.72. The van der Waals surface area contributed by atoms with Crippen LogP contribution in [-0.4, -0.2) is 16.1 Å². The number of amidine groups is 1. The predicted molar refractivity (Wildman–Crippen MR) is 260 cm³/mol. The van der Waals surface area contributed by atoms with E-state index in [1.807, 2.05) is 72.8 Å². The molecule has 4 nitrogen and oxygen atoms in total. The van der Waals surface area contributed by atoms with Crippen LogP contribution in [0.1, 0.15) is 16.7 Å². The first-order chi connectivity index (χ1) is 30.7. The normalized spacial score (nSPS) is 12.0. The summed E-state index contributed by atoms with van der Waals surface area (Å²) in [6.45, 7) is 0. The highest BCUT2D eigenvalue weighted by atomic mass is 16.3. The van der Waals surface area contributed by atoms with E-state index in [-0.39, 0.29) is 5.84 Å². The number of aromatic nitrogens is 1. The highest BCUT2D eigenvalue weighted by Crippen LogP contribution is 2.43. The number of benzene rings is 9. The lowest BCUT2D eigenvalue weighted by atomic mass is 9.92. The molecule has 62 heavy (non-hydrogen) atoms. The maximum atomic E-state index is 9.75. The van der Waals surface area contributed by atoms with Gasteiger partial charge in [-0.2, -0.15) is 0 Å². The molecule has 0 bridgehead atoms. The van der Waals surface area contributed by atoms with Gasteiger partial charge in [-0.1, -0.05) is 176 Å². The summed E-state index contributed by atoms with van der Waals surface area (Å²) in [6.07, 6.45) is 4.05. The van der Waals surface area contributed by atoms with E-state index in [9.17, 15) is 5.41 Å². The standard InChI is InChI=1S/C58H39N3O/c59-58(60-52(43-23-11-4-12-24-43)33-30-39-29-32-48-47-26-14-16-28-55(47)62-56(48)35-39)45-37-49(41-19-7-2-8-20-41)57(50(38-45)42-21-9-3-10-22-42)61-53-27-15-13-25-46(53)51-36-44(31-34-54(51)61)40-17-5-1-6-18-40/h1-38,59H/b33-30+,59-58?,60-52?. The Balaban J connectivity index is 1.10. The number of hydrogen-bond acceptors (Lipinski definition) is 2.